The van der Waals surface area contributed by atoms with Gasteiger partial charge in [0.25, 0.3) is 0 Å². The van der Waals surface area contributed by atoms with Crippen LogP contribution in [0.4, 0.5) is 16.4 Å². The van der Waals surface area contributed by atoms with Gasteiger partial charge in [0.2, 0.25) is 5.95 Å². The molecule has 2 aromatic carbocycles. The summed E-state index contributed by atoms with van der Waals surface area (Å²) in [7, 11) is 3.20. The molecule has 8 nitrogen and oxygen atoms in total. The number of ether oxygens (including phenoxy) is 2. The van der Waals surface area contributed by atoms with Gasteiger partial charge in [0.1, 0.15) is 5.82 Å². The number of hydrogen-bond donors (Lipinski definition) is 1. The van der Waals surface area contributed by atoms with Gasteiger partial charge in [-0.3, -0.25) is 9.47 Å². The van der Waals surface area contributed by atoms with Crippen LogP contribution in [0.1, 0.15) is 36.2 Å². The van der Waals surface area contributed by atoms with E-state index in [1.165, 1.54) is 0 Å². The second-order valence-electron chi connectivity index (χ2n) is 7.95. The van der Waals surface area contributed by atoms with Crippen LogP contribution in [0.15, 0.2) is 42.5 Å². The van der Waals surface area contributed by atoms with Crippen molar-refractivity contribution in [2.24, 2.45) is 0 Å². The molecule has 2 amide bonds. The molecule has 0 radical (unpaired) electrons. The van der Waals surface area contributed by atoms with Gasteiger partial charge in [0.05, 0.1) is 20.8 Å². The van der Waals surface area contributed by atoms with Crippen LogP contribution in [0, 0.1) is 6.92 Å². The first kappa shape index (κ1) is 21.7. The van der Waals surface area contributed by atoms with E-state index in [0.29, 0.717) is 24.0 Å². The molecule has 0 spiro atoms. The molecule has 0 aliphatic carbocycles. The maximum atomic E-state index is 13.4. The molecule has 0 saturated heterocycles. The summed E-state index contributed by atoms with van der Waals surface area (Å²) in [6.45, 7) is 3.13. The van der Waals surface area contributed by atoms with Gasteiger partial charge < -0.3 is 14.8 Å². The number of nitrogens with zero attached hydrogens (tertiary/aromatic N) is 4. The molecule has 168 valence electrons. The summed E-state index contributed by atoms with van der Waals surface area (Å²) in [6.07, 6.45) is 4.15. The van der Waals surface area contributed by atoms with E-state index in [4.69, 9.17) is 9.47 Å². The van der Waals surface area contributed by atoms with Crippen LogP contribution in [0.5, 0.6) is 11.5 Å². The third-order valence-corrected chi connectivity index (χ3v) is 5.67. The third-order valence-electron chi connectivity index (χ3n) is 5.67. The molecule has 1 aromatic heterocycles. The Kier molecular flexibility index (Phi) is 6.58. The summed E-state index contributed by atoms with van der Waals surface area (Å²) in [5.41, 5.74) is 2.76. The number of urea groups is 1. The number of benzene rings is 2. The Hall–Kier alpha value is -3.55. The fraction of sp³-hybridized carbons (Fsp3) is 0.375. The number of hydrogen-bond acceptors (Lipinski definition) is 5. The molecular formula is C24H29N5O3. The van der Waals surface area contributed by atoms with E-state index in [2.05, 4.69) is 20.1 Å². The van der Waals surface area contributed by atoms with Crippen LogP contribution in [0.2, 0.25) is 0 Å². The molecule has 2 heterocycles. The highest BCUT2D eigenvalue weighted by molar-refractivity contribution is 6.00. The summed E-state index contributed by atoms with van der Waals surface area (Å²) in [4.78, 5) is 15.1. The average molecular weight is 436 g/mol. The SMILES string of the molecule is COc1ccc(CN(C(=O)Nc2ccc(C)cc2)c2nnc3n2CCCCC3)cc1OC. The second kappa shape index (κ2) is 9.72. The quantitative estimate of drug-likeness (QED) is 0.613. The lowest BCUT2D eigenvalue weighted by Crippen LogP contribution is -2.36. The lowest BCUT2D eigenvalue weighted by Gasteiger charge is -2.23. The predicted molar refractivity (Wildman–Crippen MR) is 124 cm³/mol. The number of nitrogens with one attached hydrogen (secondary N) is 1. The first-order valence-electron chi connectivity index (χ1n) is 10.9. The smallest absolute Gasteiger partial charge is 0.329 e. The number of aryl methyl sites for hydroxylation is 2. The van der Waals surface area contributed by atoms with Gasteiger partial charge in [-0.2, -0.15) is 0 Å². The fourth-order valence-corrected chi connectivity index (χ4v) is 3.89. The molecule has 1 aliphatic heterocycles. The van der Waals surface area contributed by atoms with Gasteiger partial charge in [0.15, 0.2) is 11.5 Å². The van der Waals surface area contributed by atoms with Crippen molar-refractivity contribution in [1.29, 1.82) is 0 Å². The van der Waals surface area contributed by atoms with E-state index in [9.17, 15) is 4.79 Å². The van der Waals surface area contributed by atoms with Crippen LogP contribution in [-0.4, -0.2) is 35.0 Å². The van der Waals surface area contributed by atoms with Crippen molar-refractivity contribution in [3.8, 4) is 11.5 Å². The van der Waals surface area contributed by atoms with Crippen molar-refractivity contribution < 1.29 is 14.3 Å². The summed E-state index contributed by atoms with van der Waals surface area (Å²) in [5, 5.41) is 11.8. The zero-order valence-corrected chi connectivity index (χ0v) is 18.8. The van der Waals surface area contributed by atoms with Gasteiger partial charge in [0, 0.05) is 18.7 Å². The van der Waals surface area contributed by atoms with E-state index < -0.39 is 0 Å². The monoisotopic (exact) mass is 435 g/mol. The molecule has 0 fully saturated rings. The van der Waals surface area contributed by atoms with Gasteiger partial charge in [-0.05, 0) is 49.6 Å². The Morgan fingerprint density at radius 2 is 1.81 bits per heavy atom. The topological polar surface area (TPSA) is 81.5 Å². The molecule has 0 saturated carbocycles. The minimum atomic E-state index is -0.261. The normalized spacial score (nSPS) is 13.1. The zero-order valence-electron chi connectivity index (χ0n) is 18.8. The number of amides is 2. The largest absolute Gasteiger partial charge is 0.493 e. The minimum Gasteiger partial charge on any atom is -0.493 e. The summed E-state index contributed by atoms with van der Waals surface area (Å²) < 4.78 is 12.9. The standard InChI is InChI=1S/C24H29N5O3/c1-17-8-11-19(12-9-17)25-24(30)29(16-18-10-13-20(31-2)21(15-18)32-3)23-27-26-22-7-5-4-6-14-28(22)23/h8-13,15H,4-7,14,16H2,1-3H3,(H,25,30). The van der Waals surface area contributed by atoms with Crippen LogP contribution < -0.4 is 19.7 Å². The summed E-state index contributed by atoms with van der Waals surface area (Å²) >= 11 is 0. The highest BCUT2D eigenvalue weighted by Crippen LogP contribution is 2.29. The van der Waals surface area contributed by atoms with E-state index in [1.807, 2.05) is 49.4 Å². The zero-order chi connectivity index (χ0) is 22.5. The van der Waals surface area contributed by atoms with Gasteiger partial charge in [-0.25, -0.2) is 4.79 Å². The third kappa shape index (κ3) is 4.69. The minimum absolute atomic E-state index is 0.261. The second-order valence-corrected chi connectivity index (χ2v) is 7.95. The van der Waals surface area contributed by atoms with Crippen LogP contribution in [0.3, 0.4) is 0 Å². The molecule has 0 unspecified atom stereocenters. The maximum Gasteiger partial charge on any atom is 0.329 e. The van der Waals surface area contributed by atoms with E-state index in [0.717, 1.165) is 54.9 Å². The van der Waals surface area contributed by atoms with E-state index in [-0.39, 0.29) is 6.03 Å². The Balaban J connectivity index is 1.67. The molecule has 3 aromatic rings. The van der Waals surface area contributed by atoms with Gasteiger partial charge in [-0.1, -0.05) is 30.2 Å². The number of aromatic nitrogens is 3. The molecule has 0 atom stereocenters. The van der Waals surface area contributed by atoms with E-state index in [1.54, 1.807) is 19.1 Å². The summed E-state index contributed by atoms with van der Waals surface area (Å²) in [6, 6.07) is 13.1. The molecule has 4 rings (SSSR count). The number of methoxy groups -OCH3 is 2. The first-order chi connectivity index (χ1) is 15.6. The van der Waals surface area contributed by atoms with Crippen molar-refractivity contribution in [3.05, 3.63) is 59.4 Å². The van der Waals surface area contributed by atoms with Crippen LogP contribution in [0.25, 0.3) is 0 Å². The van der Waals surface area contributed by atoms with Crippen molar-refractivity contribution >= 4 is 17.7 Å². The Labute approximate surface area is 188 Å². The van der Waals surface area contributed by atoms with E-state index >= 15 is 0 Å². The lowest BCUT2D eigenvalue weighted by molar-refractivity contribution is 0.256. The Morgan fingerprint density at radius 1 is 1.03 bits per heavy atom. The van der Waals surface area contributed by atoms with Crippen LogP contribution in [-0.2, 0) is 19.5 Å². The highest BCUT2D eigenvalue weighted by atomic mass is 16.5. The van der Waals surface area contributed by atoms with Crippen molar-refractivity contribution in [1.82, 2.24) is 14.8 Å². The summed E-state index contributed by atoms with van der Waals surface area (Å²) in [5.74, 6) is 2.74. The van der Waals surface area contributed by atoms with Crippen LogP contribution >= 0.6 is 0 Å². The molecule has 0 bridgehead atoms. The highest BCUT2D eigenvalue weighted by Gasteiger charge is 2.25. The first-order valence-corrected chi connectivity index (χ1v) is 10.9. The van der Waals surface area contributed by atoms with Crippen molar-refractivity contribution in [2.75, 3.05) is 24.4 Å². The number of anilines is 2. The Bertz CT molecular complexity index is 1080. The molecular weight excluding hydrogens is 406 g/mol. The predicted octanol–water partition coefficient (Wildman–Crippen LogP) is 4.57. The number of rotatable bonds is 6. The number of carbonyl (C=O) groups excluding carboxylic acids is 1. The lowest BCUT2D eigenvalue weighted by atomic mass is 10.2. The van der Waals surface area contributed by atoms with Gasteiger partial charge in [-0.15, -0.1) is 10.2 Å². The molecule has 1 aliphatic rings. The molecule has 32 heavy (non-hydrogen) atoms. The van der Waals surface area contributed by atoms with Crippen molar-refractivity contribution in [3.63, 3.8) is 0 Å². The fourth-order valence-electron chi connectivity index (χ4n) is 3.89. The van der Waals surface area contributed by atoms with Gasteiger partial charge >= 0.3 is 6.03 Å². The Morgan fingerprint density at radius 3 is 2.56 bits per heavy atom. The van der Waals surface area contributed by atoms with Crippen molar-refractivity contribution in [2.45, 2.75) is 45.7 Å². The maximum absolute atomic E-state index is 13.4. The average Bonchev–Trinajstić information content (AvgIpc) is 3.05. The molecule has 1 N–H and O–H groups in total. The number of fused-ring (bicyclic) bond motifs is 1. The molecule has 8 heteroatoms. The number of carbonyl (C=O) groups is 1.